The van der Waals surface area contributed by atoms with Crippen LogP contribution in [-0.2, 0) is 6.54 Å². The summed E-state index contributed by atoms with van der Waals surface area (Å²) in [6.07, 6.45) is 5.59. The van der Waals surface area contributed by atoms with Gasteiger partial charge in [-0.25, -0.2) is 0 Å². The van der Waals surface area contributed by atoms with E-state index in [1.165, 1.54) is 17.7 Å². The van der Waals surface area contributed by atoms with Gasteiger partial charge in [0.2, 0.25) is 0 Å². The van der Waals surface area contributed by atoms with Crippen LogP contribution in [0.25, 0.3) is 0 Å². The highest BCUT2D eigenvalue weighted by Crippen LogP contribution is 2.38. The number of benzene rings is 2. The first-order chi connectivity index (χ1) is 11.4. The quantitative estimate of drug-likeness (QED) is 0.427. The highest BCUT2D eigenvalue weighted by Gasteiger charge is 2.38. The molecule has 0 saturated carbocycles. The zero-order valence-electron chi connectivity index (χ0n) is 13.7. The highest BCUT2D eigenvalue weighted by molar-refractivity contribution is 5.33. The van der Waals surface area contributed by atoms with Crippen LogP contribution in [0.3, 0.4) is 0 Å². The Hall–Kier alpha value is -2.46. The molecule has 1 unspecified atom stereocenters. The lowest BCUT2D eigenvalue weighted by molar-refractivity contribution is 0.490. The van der Waals surface area contributed by atoms with Crippen molar-refractivity contribution in [2.75, 3.05) is 0 Å². The third kappa shape index (κ3) is 4.27. The van der Waals surface area contributed by atoms with E-state index in [0.29, 0.717) is 6.04 Å². The van der Waals surface area contributed by atoms with Gasteiger partial charge >= 0.3 is 0 Å². The minimum absolute atomic E-state index is 0.624. The predicted molar refractivity (Wildman–Crippen MR) is 96.7 cm³/mol. The second-order valence-corrected chi connectivity index (χ2v) is 5.90. The van der Waals surface area contributed by atoms with Crippen LogP contribution in [-0.4, -0.2) is 10.9 Å². The van der Waals surface area contributed by atoms with Gasteiger partial charge in [0.05, 0.1) is 6.04 Å². The van der Waals surface area contributed by atoms with Crippen molar-refractivity contribution in [1.29, 1.82) is 0 Å². The Kier molecular flexibility index (Phi) is 5.17. The molecule has 1 heterocycles. The fraction of sp³-hybridized carbons (Fsp3) is 0.273. The van der Waals surface area contributed by atoms with E-state index in [0.717, 1.165) is 24.9 Å². The van der Waals surface area contributed by atoms with Crippen LogP contribution in [0.2, 0.25) is 0 Å². The number of unbranched alkanes of at least 4 members (excludes halogenated alkanes) is 1. The third-order valence-electron chi connectivity index (χ3n) is 4.26. The summed E-state index contributed by atoms with van der Waals surface area (Å²) in [4.78, 5) is 2.50. The summed E-state index contributed by atoms with van der Waals surface area (Å²) in [7, 11) is 0. The van der Waals surface area contributed by atoms with Crippen LogP contribution < -0.4 is 0 Å². The summed E-state index contributed by atoms with van der Waals surface area (Å²) < 4.78 is 0. The molecule has 1 saturated heterocycles. The zero-order valence-corrected chi connectivity index (χ0v) is 13.7. The van der Waals surface area contributed by atoms with Gasteiger partial charge in [0.15, 0.2) is 0 Å². The van der Waals surface area contributed by atoms with Crippen LogP contribution in [0.4, 0.5) is 0 Å². The molecule has 116 valence electrons. The lowest BCUT2D eigenvalue weighted by Gasteiger charge is -2.04. The zero-order chi connectivity index (χ0) is 15.9. The Morgan fingerprint density at radius 3 is 2.39 bits per heavy atom. The SMILES string of the molecule is C/C=C1/C(CCCC#Cc2ccccc2)N1Cc1ccccc1. The fourth-order valence-electron chi connectivity index (χ4n) is 3.01. The number of allylic oxidation sites excluding steroid dienone is 1. The summed E-state index contributed by atoms with van der Waals surface area (Å²) in [5.74, 6) is 6.53. The molecule has 0 aromatic heterocycles. The molecule has 0 aliphatic carbocycles. The minimum atomic E-state index is 0.624. The van der Waals surface area contributed by atoms with Crippen molar-refractivity contribution in [2.45, 2.75) is 38.8 Å². The van der Waals surface area contributed by atoms with Gasteiger partial charge in [-0.2, -0.15) is 0 Å². The average Bonchev–Trinajstić information content (AvgIpc) is 3.27. The minimum Gasteiger partial charge on any atom is -0.361 e. The molecule has 0 radical (unpaired) electrons. The van der Waals surface area contributed by atoms with Gasteiger partial charge in [0.25, 0.3) is 0 Å². The van der Waals surface area contributed by atoms with Crippen molar-refractivity contribution < 1.29 is 0 Å². The van der Waals surface area contributed by atoms with Crippen LogP contribution in [0.5, 0.6) is 0 Å². The van der Waals surface area contributed by atoms with Crippen LogP contribution in [0.1, 0.15) is 37.3 Å². The van der Waals surface area contributed by atoms with Gasteiger partial charge in [-0.05, 0) is 37.5 Å². The summed E-state index contributed by atoms with van der Waals surface area (Å²) in [5, 5.41) is 0. The maximum atomic E-state index is 3.29. The Morgan fingerprint density at radius 2 is 1.70 bits per heavy atom. The van der Waals surface area contributed by atoms with Crippen LogP contribution in [0.15, 0.2) is 72.4 Å². The number of rotatable bonds is 5. The maximum absolute atomic E-state index is 3.29. The second-order valence-electron chi connectivity index (χ2n) is 5.90. The van der Waals surface area contributed by atoms with E-state index in [2.05, 4.69) is 72.2 Å². The van der Waals surface area contributed by atoms with E-state index in [-0.39, 0.29) is 0 Å². The van der Waals surface area contributed by atoms with E-state index in [1.807, 2.05) is 18.2 Å². The molecular formula is C22H23N. The molecule has 1 heteroatoms. The molecular weight excluding hydrogens is 278 g/mol. The molecule has 2 aromatic rings. The molecule has 1 aliphatic heterocycles. The largest absolute Gasteiger partial charge is 0.361 e. The van der Waals surface area contributed by atoms with Gasteiger partial charge in [-0.15, -0.1) is 0 Å². The van der Waals surface area contributed by atoms with E-state index in [9.17, 15) is 0 Å². The lowest BCUT2D eigenvalue weighted by Crippen LogP contribution is -2.01. The molecule has 1 nitrogen and oxygen atoms in total. The highest BCUT2D eigenvalue weighted by atomic mass is 15.3. The Labute approximate surface area is 139 Å². The molecule has 3 rings (SSSR count). The lowest BCUT2D eigenvalue weighted by atomic mass is 10.1. The molecule has 2 aromatic carbocycles. The van der Waals surface area contributed by atoms with Crippen molar-refractivity contribution in [3.8, 4) is 11.8 Å². The summed E-state index contributed by atoms with van der Waals surface area (Å²) in [6, 6.07) is 21.6. The normalized spacial score (nSPS) is 17.7. The predicted octanol–water partition coefficient (Wildman–Crippen LogP) is 5.00. The molecule has 1 aliphatic rings. The molecule has 0 spiro atoms. The number of hydrogen-bond donors (Lipinski definition) is 0. The first-order valence-corrected chi connectivity index (χ1v) is 8.39. The van der Waals surface area contributed by atoms with Crippen LogP contribution >= 0.6 is 0 Å². The molecule has 0 bridgehead atoms. The number of hydrogen-bond acceptors (Lipinski definition) is 1. The Morgan fingerprint density at radius 1 is 1.00 bits per heavy atom. The molecule has 0 amide bonds. The van der Waals surface area contributed by atoms with Gasteiger partial charge < -0.3 is 4.90 Å². The maximum Gasteiger partial charge on any atom is 0.0689 e. The fourth-order valence-corrected chi connectivity index (χ4v) is 3.01. The summed E-state index contributed by atoms with van der Waals surface area (Å²) in [5.41, 5.74) is 3.99. The van der Waals surface area contributed by atoms with Crippen molar-refractivity contribution in [2.24, 2.45) is 0 Å². The monoisotopic (exact) mass is 301 g/mol. The Bertz CT molecular complexity index is 704. The summed E-state index contributed by atoms with van der Waals surface area (Å²) >= 11 is 0. The van der Waals surface area contributed by atoms with E-state index < -0.39 is 0 Å². The van der Waals surface area contributed by atoms with Crippen molar-refractivity contribution in [3.05, 3.63) is 83.6 Å². The molecule has 0 N–H and O–H groups in total. The first-order valence-electron chi connectivity index (χ1n) is 8.39. The van der Waals surface area contributed by atoms with Gasteiger partial charge in [-0.3, -0.25) is 0 Å². The van der Waals surface area contributed by atoms with Crippen LogP contribution in [0, 0.1) is 11.8 Å². The van der Waals surface area contributed by atoms with Gasteiger partial charge in [0, 0.05) is 24.2 Å². The van der Waals surface area contributed by atoms with Crippen molar-refractivity contribution in [3.63, 3.8) is 0 Å². The first kappa shape index (κ1) is 15.4. The van der Waals surface area contributed by atoms with Crippen molar-refractivity contribution in [1.82, 2.24) is 4.90 Å². The van der Waals surface area contributed by atoms with Gasteiger partial charge in [0.1, 0.15) is 0 Å². The molecule has 1 atom stereocenters. The second kappa shape index (κ2) is 7.70. The standard InChI is InChI=1S/C22H23N/c1-2-21-22(23(21)18-20-15-9-4-10-16-20)17-11-5-8-14-19-12-6-3-7-13-19/h2-4,6-7,9-10,12-13,15-16,22H,5,11,17-18H2,1H3/b21-2-. The summed E-state index contributed by atoms with van der Waals surface area (Å²) in [6.45, 7) is 3.17. The topological polar surface area (TPSA) is 3.01 Å². The number of nitrogens with zero attached hydrogens (tertiary/aromatic N) is 1. The molecule has 1 fully saturated rings. The van der Waals surface area contributed by atoms with Crippen molar-refractivity contribution >= 4 is 0 Å². The third-order valence-corrected chi connectivity index (χ3v) is 4.26. The van der Waals surface area contributed by atoms with Gasteiger partial charge in [-0.1, -0.05) is 66.4 Å². The smallest absolute Gasteiger partial charge is 0.0689 e. The van der Waals surface area contributed by atoms with E-state index in [1.54, 1.807) is 0 Å². The van der Waals surface area contributed by atoms with E-state index in [4.69, 9.17) is 0 Å². The Balaban J connectivity index is 1.45. The molecule has 23 heavy (non-hydrogen) atoms. The van der Waals surface area contributed by atoms with E-state index >= 15 is 0 Å². The average molecular weight is 301 g/mol.